The lowest BCUT2D eigenvalue weighted by Gasteiger charge is -2.08. The Morgan fingerprint density at radius 1 is 1.18 bits per heavy atom. The fourth-order valence-electron chi connectivity index (χ4n) is 3.93. The highest BCUT2D eigenvalue weighted by atomic mass is 32.1. The van der Waals surface area contributed by atoms with E-state index in [1.54, 1.807) is 28.9 Å². The molecule has 0 radical (unpaired) electrons. The number of thiazole rings is 1. The lowest BCUT2D eigenvalue weighted by Crippen LogP contribution is -2.24. The number of carbonyl (C=O) groups is 1. The van der Waals surface area contributed by atoms with Crippen LogP contribution >= 0.6 is 22.7 Å². The molecule has 5 rings (SSSR count). The first-order chi connectivity index (χ1) is 16.1. The van der Waals surface area contributed by atoms with E-state index in [4.69, 9.17) is 4.74 Å². The number of nitrogens with zero attached hydrogens (tertiary/aromatic N) is 3. The normalized spacial score (nSPS) is 11.4. The second-order valence-electron chi connectivity index (χ2n) is 7.88. The number of rotatable bonds is 7. The Morgan fingerprint density at radius 2 is 2.06 bits per heavy atom. The average molecular weight is 477 g/mol. The lowest BCUT2D eigenvalue weighted by molar-refractivity contribution is 0.0954. The molecular weight excluding hydrogens is 452 g/mol. The number of carbonyl (C=O) groups excluding carboxylic acids is 1. The van der Waals surface area contributed by atoms with Crippen LogP contribution in [0.5, 0.6) is 11.5 Å². The topological polar surface area (TPSA) is 69.0 Å². The van der Waals surface area contributed by atoms with Gasteiger partial charge in [0.1, 0.15) is 16.5 Å². The first-order valence-electron chi connectivity index (χ1n) is 10.9. The van der Waals surface area contributed by atoms with Crippen LogP contribution in [0.4, 0.5) is 0 Å². The van der Waals surface area contributed by atoms with Crippen LogP contribution in [-0.4, -0.2) is 27.0 Å². The Morgan fingerprint density at radius 3 is 2.85 bits per heavy atom. The molecule has 5 aromatic rings. The zero-order chi connectivity index (χ0) is 22.9. The summed E-state index contributed by atoms with van der Waals surface area (Å²) < 4.78 is 9.35. The van der Waals surface area contributed by atoms with E-state index in [2.05, 4.69) is 28.3 Å². The molecule has 0 atom stereocenters. The Kier molecular flexibility index (Phi) is 5.86. The van der Waals surface area contributed by atoms with Crippen molar-refractivity contribution in [2.45, 2.75) is 26.7 Å². The summed E-state index contributed by atoms with van der Waals surface area (Å²) in [5.41, 5.74) is 3.52. The van der Waals surface area contributed by atoms with Gasteiger partial charge in [0.15, 0.2) is 0 Å². The lowest BCUT2D eigenvalue weighted by atomic mass is 10.1. The molecule has 0 aliphatic carbocycles. The molecule has 4 aromatic heterocycles. The highest BCUT2D eigenvalue weighted by molar-refractivity contribution is 7.25. The molecule has 1 N–H and O–H groups in total. The van der Waals surface area contributed by atoms with E-state index in [1.165, 1.54) is 0 Å². The van der Waals surface area contributed by atoms with Crippen LogP contribution in [0.3, 0.4) is 0 Å². The SMILES string of the molecule is CCCCNC(=O)c1c(C)n(C)c2cc(Oc3ccnc4cc(-c5nccs5)sc34)ccc12. The van der Waals surface area contributed by atoms with E-state index in [0.717, 1.165) is 66.6 Å². The van der Waals surface area contributed by atoms with Crippen molar-refractivity contribution in [1.29, 1.82) is 0 Å². The number of amides is 1. The molecule has 0 fully saturated rings. The molecule has 1 aromatic carbocycles. The quantitative estimate of drug-likeness (QED) is 0.271. The van der Waals surface area contributed by atoms with Gasteiger partial charge < -0.3 is 14.6 Å². The van der Waals surface area contributed by atoms with Crippen LogP contribution in [0.15, 0.2) is 48.1 Å². The van der Waals surface area contributed by atoms with E-state index in [9.17, 15) is 4.79 Å². The van der Waals surface area contributed by atoms with Gasteiger partial charge in [0.25, 0.3) is 5.91 Å². The van der Waals surface area contributed by atoms with Crippen molar-refractivity contribution < 1.29 is 9.53 Å². The highest BCUT2D eigenvalue weighted by Gasteiger charge is 2.19. The molecule has 0 bridgehead atoms. The van der Waals surface area contributed by atoms with Crippen LogP contribution in [0.25, 0.3) is 31.0 Å². The van der Waals surface area contributed by atoms with Gasteiger partial charge in [0, 0.05) is 54.6 Å². The van der Waals surface area contributed by atoms with E-state index in [0.29, 0.717) is 6.54 Å². The predicted octanol–water partition coefficient (Wildman–Crippen LogP) is 6.54. The van der Waals surface area contributed by atoms with Crippen LogP contribution in [0.1, 0.15) is 35.8 Å². The first-order valence-corrected chi connectivity index (χ1v) is 12.6. The number of benzene rings is 1. The monoisotopic (exact) mass is 476 g/mol. The summed E-state index contributed by atoms with van der Waals surface area (Å²) in [5, 5.41) is 6.92. The van der Waals surface area contributed by atoms with Crippen LogP contribution < -0.4 is 10.1 Å². The molecule has 0 unspecified atom stereocenters. The maximum absolute atomic E-state index is 12.8. The van der Waals surface area contributed by atoms with Crippen molar-refractivity contribution in [3.05, 3.63) is 59.4 Å². The van der Waals surface area contributed by atoms with Gasteiger partial charge >= 0.3 is 0 Å². The molecule has 6 nitrogen and oxygen atoms in total. The Labute approximate surface area is 199 Å². The second-order valence-corrected chi connectivity index (χ2v) is 9.83. The number of unbranched alkanes of at least 4 members (excludes halogenated alkanes) is 1. The minimum absolute atomic E-state index is 0.0237. The fraction of sp³-hybridized carbons (Fsp3) is 0.240. The number of fused-ring (bicyclic) bond motifs is 2. The summed E-state index contributed by atoms with van der Waals surface area (Å²) in [7, 11) is 1.98. The van der Waals surface area contributed by atoms with Gasteiger partial charge in [0.05, 0.1) is 26.2 Å². The molecule has 1 amide bonds. The average Bonchev–Trinajstić information content (AvgIpc) is 3.54. The first kappa shape index (κ1) is 21.6. The molecule has 0 saturated carbocycles. The number of thiophene rings is 1. The minimum atomic E-state index is -0.0237. The largest absolute Gasteiger partial charge is 0.456 e. The number of nitrogens with one attached hydrogen (secondary N) is 1. The van der Waals surface area contributed by atoms with Crippen molar-refractivity contribution in [1.82, 2.24) is 19.9 Å². The van der Waals surface area contributed by atoms with Crippen LogP contribution in [-0.2, 0) is 7.05 Å². The summed E-state index contributed by atoms with van der Waals surface area (Å²) >= 11 is 3.24. The van der Waals surface area contributed by atoms with E-state index < -0.39 is 0 Å². The summed E-state index contributed by atoms with van der Waals surface area (Å²) in [6.07, 6.45) is 5.60. The van der Waals surface area contributed by atoms with Gasteiger partial charge in [-0.1, -0.05) is 13.3 Å². The van der Waals surface area contributed by atoms with Gasteiger partial charge in [-0.3, -0.25) is 9.78 Å². The van der Waals surface area contributed by atoms with Gasteiger partial charge in [-0.2, -0.15) is 0 Å². The smallest absolute Gasteiger partial charge is 0.253 e. The van der Waals surface area contributed by atoms with Gasteiger partial charge in [0.2, 0.25) is 0 Å². The third kappa shape index (κ3) is 4.00. The molecule has 33 heavy (non-hydrogen) atoms. The van der Waals surface area contributed by atoms with Gasteiger partial charge in [-0.25, -0.2) is 4.98 Å². The van der Waals surface area contributed by atoms with Gasteiger partial charge in [-0.05, 0) is 31.5 Å². The highest BCUT2D eigenvalue weighted by Crippen LogP contribution is 2.40. The molecule has 168 valence electrons. The Bertz CT molecular complexity index is 1450. The Hall–Kier alpha value is -3.23. The number of hydrogen-bond acceptors (Lipinski definition) is 6. The molecule has 8 heteroatoms. The van der Waals surface area contributed by atoms with Crippen molar-refractivity contribution in [2.24, 2.45) is 7.05 Å². The molecule has 0 saturated heterocycles. The van der Waals surface area contributed by atoms with E-state index in [-0.39, 0.29) is 5.91 Å². The van der Waals surface area contributed by atoms with E-state index in [1.807, 2.05) is 54.4 Å². The van der Waals surface area contributed by atoms with Crippen molar-refractivity contribution in [3.8, 4) is 21.4 Å². The fourth-order valence-corrected chi connectivity index (χ4v) is 5.71. The third-order valence-corrected chi connectivity index (χ3v) is 7.84. The summed E-state index contributed by atoms with van der Waals surface area (Å²) in [5.74, 6) is 1.46. The third-order valence-electron chi connectivity index (χ3n) is 5.75. The predicted molar refractivity (Wildman–Crippen MR) is 136 cm³/mol. The van der Waals surface area contributed by atoms with Crippen molar-refractivity contribution in [3.63, 3.8) is 0 Å². The zero-order valence-electron chi connectivity index (χ0n) is 18.7. The summed E-state index contributed by atoms with van der Waals surface area (Å²) in [4.78, 5) is 22.8. The zero-order valence-corrected chi connectivity index (χ0v) is 20.3. The van der Waals surface area contributed by atoms with Crippen molar-refractivity contribution >= 4 is 49.7 Å². The molecule has 4 heterocycles. The number of aromatic nitrogens is 3. The molecule has 0 spiro atoms. The minimum Gasteiger partial charge on any atom is -0.456 e. The van der Waals surface area contributed by atoms with Crippen LogP contribution in [0.2, 0.25) is 0 Å². The van der Waals surface area contributed by atoms with Crippen LogP contribution in [0, 0.1) is 6.92 Å². The maximum Gasteiger partial charge on any atom is 0.253 e. The standard InChI is InChI=1S/C25H24N4O2S2/c1-4-5-9-27-24(30)22-15(2)29(3)19-13-16(6-7-17(19)22)31-20-8-10-26-18-14-21(33-23(18)20)25-28-11-12-32-25/h6-8,10-14H,4-5,9H2,1-3H3,(H,27,30). The molecule has 0 aliphatic heterocycles. The van der Waals surface area contributed by atoms with Crippen molar-refractivity contribution in [2.75, 3.05) is 6.54 Å². The Balaban J connectivity index is 1.48. The van der Waals surface area contributed by atoms with Gasteiger partial charge in [-0.15, -0.1) is 22.7 Å². The molecule has 0 aliphatic rings. The van der Waals surface area contributed by atoms with E-state index >= 15 is 0 Å². The number of pyridine rings is 1. The maximum atomic E-state index is 12.8. The number of hydrogen-bond donors (Lipinski definition) is 1. The number of ether oxygens (including phenoxy) is 1. The second kappa shape index (κ2) is 8.96. The summed E-state index contributed by atoms with van der Waals surface area (Å²) in [6.45, 7) is 4.78. The molecular formula is C25H24N4O2S2. The number of aryl methyl sites for hydroxylation is 1. The summed E-state index contributed by atoms with van der Waals surface area (Å²) in [6, 6.07) is 9.83.